The summed E-state index contributed by atoms with van der Waals surface area (Å²) in [6, 6.07) is 9.61. The Balaban J connectivity index is 1.56. The van der Waals surface area contributed by atoms with Crippen molar-refractivity contribution in [2.45, 2.75) is 37.3 Å². The smallest absolute Gasteiger partial charge is 0.238 e. The summed E-state index contributed by atoms with van der Waals surface area (Å²) in [5.41, 5.74) is 3.57. The lowest BCUT2D eigenvalue weighted by atomic mass is 9.73. The van der Waals surface area contributed by atoms with Gasteiger partial charge in [0.25, 0.3) is 0 Å². The first kappa shape index (κ1) is 19.1. The fourth-order valence-corrected chi connectivity index (χ4v) is 4.75. The number of likely N-dealkylation sites (tertiary alicyclic amines) is 1. The van der Waals surface area contributed by atoms with E-state index in [0.29, 0.717) is 13.2 Å². The van der Waals surface area contributed by atoms with Gasteiger partial charge in [-0.05, 0) is 36.0 Å². The number of nitrogens with zero attached hydrogens (tertiary/aromatic N) is 3. The van der Waals surface area contributed by atoms with Gasteiger partial charge >= 0.3 is 0 Å². The van der Waals surface area contributed by atoms with Crippen LogP contribution in [0.15, 0.2) is 30.3 Å². The highest BCUT2D eigenvalue weighted by molar-refractivity contribution is 5.81. The fraction of sp³-hybridized carbons (Fsp3) is 0.545. The van der Waals surface area contributed by atoms with Crippen LogP contribution in [0.5, 0.6) is 0 Å². The van der Waals surface area contributed by atoms with Crippen LogP contribution in [0.2, 0.25) is 0 Å². The second-order valence-electron chi connectivity index (χ2n) is 7.75. The number of carbonyl (C=O) groups excluding carboxylic acids is 1. The summed E-state index contributed by atoms with van der Waals surface area (Å²) in [5, 5.41) is 19.9. The van der Waals surface area contributed by atoms with E-state index in [1.165, 1.54) is 11.1 Å². The van der Waals surface area contributed by atoms with Crippen LogP contribution in [0.25, 0.3) is 5.57 Å². The zero-order valence-electron chi connectivity index (χ0n) is 16.1. The van der Waals surface area contributed by atoms with Gasteiger partial charge in [0, 0.05) is 19.0 Å². The average molecular weight is 381 g/mol. The van der Waals surface area contributed by atoms with E-state index in [4.69, 9.17) is 4.74 Å². The van der Waals surface area contributed by atoms with E-state index in [1.807, 2.05) is 12.1 Å². The number of carbonyl (C=O) groups is 1. The molecule has 1 aromatic carbocycles. The third kappa shape index (κ3) is 3.46. The molecular weight excluding hydrogens is 354 g/mol. The predicted octanol–water partition coefficient (Wildman–Crippen LogP) is 1.76. The molecule has 0 saturated carbocycles. The van der Waals surface area contributed by atoms with E-state index in [2.05, 4.69) is 29.2 Å². The highest BCUT2D eigenvalue weighted by Gasteiger charge is 2.52. The number of ether oxygens (including phenoxy) is 1. The third-order valence-corrected chi connectivity index (χ3v) is 6.19. The van der Waals surface area contributed by atoms with E-state index < -0.39 is 6.04 Å². The van der Waals surface area contributed by atoms with Gasteiger partial charge in [0.1, 0.15) is 6.04 Å². The van der Waals surface area contributed by atoms with Crippen molar-refractivity contribution >= 4 is 11.5 Å². The van der Waals surface area contributed by atoms with Gasteiger partial charge in [-0.2, -0.15) is 5.26 Å². The molecule has 1 N–H and O–H groups in total. The molecule has 0 unspecified atom stereocenters. The fourth-order valence-electron chi connectivity index (χ4n) is 4.75. The first-order chi connectivity index (χ1) is 13.7. The molecule has 28 heavy (non-hydrogen) atoms. The number of nitriles is 1. The lowest BCUT2D eigenvalue weighted by Gasteiger charge is -2.52. The molecule has 4 rings (SSSR count). The zero-order valence-corrected chi connectivity index (χ0v) is 16.1. The molecule has 0 bridgehead atoms. The number of amides is 1. The first-order valence-corrected chi connectivity index (χ1v) is 10.1. The van der Waals surface area contributed by atoms with Crippen molar-refractivity contribution in [1.29, 1.82) is 5.26 Å². The van der Waals surface area contributed by atoms with Crippen molar-refractivity contribution in [3.63, 3.8) is 0 Å². The molecule has 2 fully saturated rings. The first-order valence-electron chi connectivity index (χ1n) is 10.1. The van der Waals surface area contributed by atoms with Crippen molar-refractivity contribution in [3.05, 3.63) is 41.5 Å². The molecule has 0 radical (unpaired) electrons. The maximum Gasteiger partial charge on any atom is 0.238 e. The van der Waals surface area contributed by atoms with E-state index >= 15 is 0 Å². The van der Waals surface area contributed by atoms with Crippen LogP contribution in [0.4, 0.5) is 0 Å². The van der Waals surface area contributed by atoms with E-state index in [-0.39, 0.29) is 31.0 Å². The number of benzene rings is 1. The maximum absolute atomic E-state index is 12.9. The molecule has 0 aromatic heterocycles. The molecule has 2 aliphatic heterocycles. The minimum absolute atomic E-state index is 0.0821. The van der Waals surface area contributed by atoms with E-state index in [9.17, 15) is 15.2 Å². The number of hydrogen-bond acceptors (Lipinski definition) is 5. The zero-order chi connectivity index (χ0) is 19.5. The summed E-state index contributed by atoms with van der Waals surface area (Å²) in [6.45, 7) is 2.84. The van der Waals surface area contributed by atoms with Crippen LogP contribution >= 0.6 is 0 Å². The van der Waals surface area contributed by atoms with Gasteiger partial charge in [0.05, 0.1) is 38.5 Å². The topological polar surface area (TPSA) is 76.8 Å². The lowest BCUT2D eigenvalue weighted by molar-refractivity contribution is -0.149. The van der Waals surface area contributed by atoms with E-state index in [0.717, 1.165) is 37.9 Å². The standard InChI is InChI=1S/C22H27N3O3/c23-13-19-22(18-8-4-3-7-17(18)16-5-1-2-6-16)20(15-26)25(19)21(27)14-24-9-11-28-12-10-24/h3-5,7-8,19-20,22,26H,1-2,6,9-12,14-15H2/t19-,20+,22+/m0/s1. The second kappa shape index (κ2) is 8.44. The third-order valence-electron chi connectivity index (χ3n) is 6.19. The van der Waals surface area contributed by atoms with Crippen LogP contribution in [-0.4, -0.2) is 72.4 Å². The summed E-state index contributed by atoms with van der Waals surface area (Å²) in [6.07, 6.45) is 5.56. The normalized spacial score (nSPS) is 27.8. The molecular formula is C22H27N3O3. The van der Waals surface area contributed by atoms with E-state index in [1.54, 1.807) is 4.90 Å². The van der Waals surface area contributed by atoms with Crippen LogP contribution in [0.1, 0.15) is 36.3 Å². The lowest BCUT2D eigenvalue weighted by Crippen LogP contribution is -2.66. The maximum atomic E-state index is 12.9. The number of aliphatic hydroxyl groups excluding tert-OH is 1. The van der Waals surface area contributed by atoms with Gasteiger partial charge in [0.2, 0.25) is 5.91 Å². The summed E-state index contributed by atoms with van der Waals surface area (Å²) >= 11 is 0. The Morgan fingerprint density at radius 3 is 2.75 bits per heavy atom. The quantitative estimate of drug-likeness (QED) is 0.841. The Kier molecular flexibility index (Phi) is 5.77. The molecule has 1 aliphatic carbocycles. The number of aliphatic hydroxyl groups is 1. The van der Waals surface area contributed by atoms with Crippen LogP contribution < -0.4 is 0 Å². The average Bonchev–Trinajstić information content (AvgIpc) is 3.24. The van der Waals surface area contributed by atoms with Gasteiger partial charge in [-0.15, -0.1) is 0 Å². The number of rotatable bonds is 5. The summed E-state index contributed by atoms with van der Waals surface area (Å²) in [7, 11) is 0. The Labute approximate surface area is 166 Å². The molecule has 2 saturated heterocycles. The minimum atomic E-state index is -0.533. The SMILES string of the molecule is N#C[C@H]1[C@@H](c2ccccc2C2=CCCC2)[C@@H](CO)N1C(=O)CN1CCOCC1. The summed E-state index contributed by atoms with van der Waals surface area (Å²) in [4.78, 5) is 16.6. The molecule has 3 aliphatic rings. The van der Waals surface area contributed by atoms with Crippen molar-refractivity contribution < 1.29 is 14.6 Å². The van der Waals surface area contributed by atoms with Crippen molar-refractivity contribution in [2.75, 3.05) is 39.5 Å². The Morgan fingerprint density at radius 2 is 2.07 bits per heavy atom. The highest BCUT2D eigenvalue weighted by Crippen LogP contribution is 2.44. The molecule has 0 spiro atoms. The van der Waals surface area contributed by atoms with Crippen LogP contribution in [-0.2, 0) is 9.53 Å². The van der Waals surface area contributed by atoms with Crippen LogP contribution in [0.3, 0.4) is 0 Å². The van der Waals surface area contributed by atoms with Gasteiger partial charge < -0.3 is 14.7 Å². The number of hydrogen-bond donors (Lipinski definition) is 1. The Morgan fingerprint density at radius 1 is 1.29 bits per heavy atom. The number of allylic oxidation sites excluding steroid dienone is 2. The minimum Gasteiger partial charge on any atom is -0.394 e. The van der Waals surface area contributed by atoms with Gasteiger partial charge in [0.15, 0.2) is 0 Å². The van der Waals surface area contributed by atoms with Gasteiger partial charge in [-0.25, -0.2) is 0 Å². The highest BCUT2D eigenvalue weighted by atomic mass is 16.5. The van der Waals surface area contributed by atoms with Crippen molar-refractivity contribution in [3.8, 4) is 6.07 Å². The molecule has 6 heteroatoms. The molecule has 1 amide bonds. The summed E-state index contributed by atoms with van der Waals surface area (Å²) < 4.78 is 5.34. The largest absolute Gasteiger partial charge is 0.394 e. The predicted molar refractivity (Wildman–Crippen MR) is 105 cm³/mol. The molecule has 2 heterocycles. The molecule has 6 nitrogen and oxygen atoms in total. The van der Waals surface area contributed by atoms with Crippen LogP contribution in [0, 0.1) is 11.3 Å². The molecule has 148 valence electrons. The monoisotopic (exact) mass is 381 g/mol. The number of morpholine rings is 1. The Bertz CT molecular complexity index is 794. The summed E-state index contributed by atoms with van der Waals surface area (Å²) in [5.74, 6) is -0.234. The van der Waals surface area contributed by atoms with Gasteiger partial charge in [-0.3, -0.25) is 9.69 Å². The van der Waals surface area contributed by atoms with Crippen molar-refractivity contribution in [2.24, 2.45) is 0 Å². The molecule has 1 aromatic rings. The Hall–Kier alpha value is -2.20. The molecule has 3 atom stereocenters. The van der Waals surface area contributed by atoms with Gasteiger partial charge in [-0.1, -0.05) is 30.3 Å². The second-order valence-corrected chi connectivity index (χ2v) is 7.75. The van der Waals surface area contributed by atoms with Crippen molar-refractivity contribution in [1.82, 2.24) is 9.80 Å².